The first-order valence-corrected chi connectivity index (χ1v) is 10.6. The Morgan fingerprint density at radius 1 is 0.882 bits per heavy atom. The van der Waals surface area contributed by atoms with Crippen molar-refractivity contribution in [3.05, 3.63) is 112 Å². The van der Waals surface area contributed by atoms with E-state index in [4.69, 9.17) is 0 Å². The number of ether oxygens (including phenoxy) is 1. The van der Waals surface area contributed by atoms with E-state index in [9.17, 15) is 22.8 Å². The molecule has 34 heavy (non-hydrogen) atoms. The summed E-state index contributed by atoms with van der Waals surface area (Å²) in [6, 6.07) is 23.7. The van der Waals surface area contributed by atoms with E-state index in [2.05, 4.69) is 10.1 Å². The number of carbonyl (C=O) groups is 1. The molecule has 0 aliphatic carbocycles. The van der Waals surface area contributed by atoms with Gasteiger partial charge in [0.15, 0.2) is 0 Å². The summed E-state index contributed by atoms with van der Waals surface area (Å²) in [5.74, 6) is -0.825. The normalized spacial score (nSPS) is 11.4. The fourth-order valence-corrected chi connectivity index (χ4v) is 3.69. The van der Waals surface area contributed by atoms with Crippen LogP contribution in [0.15, 0.2) is 89.7 Å². The molecule has 0 bridgehead atoms. The van der Waals surface area contributed by atoms with E-state index in [1.54, 1.807) is 30.3 Å². The number of benzene rings is 3. The van der Waals surface area contributed by atoms with Crippen LogP contribution in [0.5, 0.6) is 5.75 Å². The molecule has 0 aliphatic heterocycles. The number of alkyl halides is 3. The van der Waals surface area contributed by atoms with Gasteiger partial charge in [-0.25, -0.2) is 0 Å². The van der Waals surface area contributed by atoms with Gasteiger partial charge in [-0.2, -0.15) is 0 Å². The zero-order valence-electron chi connectivity index (χ0n) is 18.0. The predicted molar refractivity (Wildman–Crippen MR) is 123 cm³/mol. The van der Waals surface area contributed by atoms with Crippen LogP contribution in [0.2, 0.25) is 0 Å². The fraction of sp³-hybridized carbons (Fsp3) is 0.154. The third-order valence-corrected chi connectivity index (χ3v) is 5.29. The number of aromatic nitrogens is 1. The first-order chi connectivity index (χ1) is 16.3. The van der Waals surface area contributed by atoms with Crippen molar-refractivity contribution in [2.45, 2.75) is 19.3 Å². The maximum absolute atomic E-state index is 13.2. The summed E-state index contributed by atoms with van der Waals surface area (Å²) in [7, 11) is 0. The topological polar surface area (TPSA) is 60.3 Å². The van der Waals surface area contributed by atoms with Gasteiger partial charge in [0.25, 0.3) is 11.5 Å². The lowest BCUT2D eigenvalue weighted by atomic mass is 10.1. The van der Waals surface area contributed by atoms with Gasteiger partial charge in [-0.15, -0.1) is 13.2 Å². The highest BCUT2D eigenvalue weighted by molar-refractivity contribution is 5.97. The molecular weight excluding hydrogens is 445 g/mol. The molecule has 0 saturated heterocycles. The van der Waals surface area contributed by atoms with Gasteiger partial charge in [0.2, 0.25) is 0 Å². The van der Waals surface area contributed by atoms with Crippen LogP contribution in [0.4, 0.5) is 13.2 Å². The molecule has 3 aromatic carbocycles. The van der Waals surface area contributed by atoms with Crippen LogP contribution < -0.4 is 15.6 Å². The minimum atomic E-state index is -4.78. The number of fused-ring (bicyclic) bond motifs is 1. The van der Waals surface area contributed by atoms with Crippen LogP contribution in [0.3, 0.4) is 0 Å². The molecule has 0 radical (unpaired) electrons. The lowest BCUT2D eigenvalue weighted by Crippen LogP contribution is -2.34. The van der Waals surface area contributed by atoms with E-state index >= 15 is 0 Å². The Morgan fingerprint density at radius 3 is 2.26 bits per heavy atom. The molecule has 4 rings (SSSR count). The van der Waals surface area contributed by atoms with Crippen molar-refractivity contribution in [1.82, 2.24) is 9.88 Å². The predicted octanol–water partition coefficient (Wildman–Crippen LogP) is 4.92. The van der Waals surface area contributed by atoms with Crippen molar-refractivity contribution in [1.29, 1.82) is 0 Å². The van der Waals surface area contributed by atoms with E-state index in [0.717, 1.165) is 5.56 Å². The van der Waals surface area contributed by atoms with Gasteiger partial charge < -0.3 is 14.6 Å². The number of halogens is 3. The Hall–Kier alpha value is -4.07. The van der Waals surface area contributed by atoms with Crippen molar-refractivity contribution in [3.63, 3.8) is 0 Å². The van der Waals surface area contributed by atoms with Crippen molar-refractivity contribution in [3.8, 4) is 5.75 Å². The van der Waals surface area contributed by atoms with Crippen LogP contribution in [0, 0.1) is 0 Å². The fourth-order valence-electron chi connectivity index (χ4n) is 3.69. The summed E-state index contributed by atoms with van der Waals surface area (Å²) in [6.07, 6.45) is -4.16. The molecule has 0 aliphatic rings. The van der Waals surface area contributed by atoms with Crippen LogP contribution in [0.25, 0.3) is 10.9 Å². The smallest absolute Gasteiger partial charge is 0.406 e. The average Bonchev–Trinajstić information content (AvgIpc) is 2.81. The lowest BCUT2D eigenvalue weighted by molar-refractivity contribution is -0.274. The second kappa shape index (κ2) is 9.82. The molecule has 0 spiro atoms. The standard InChI is InChI=1S/C26H21F3N2O3/c27-26(28,29)34-21-12-10-19(11-13-21)17-31-23-9-5-4-8-20(23)16-22(25(31)33)24(32)30-15-14-18-6-2-1-3-7-18/h1-13,16H,14-15,17H2,(H,30,32). The monoisotopic (exact) mass is 466 g/mol. The number of pyridine rings is 1. The Morgan fingerprint density at radius 2 is 1.56 bits per heavy atom. The highest BCUT2D eigenvalue weighted by atomic mass is 19.4. The first kappa shape index (κ1) is 23.1. The Balaban J connectivity index is 1.58. The van der Waals surface area contributed by atoms with Crippen molar-refractivity contribution >= 4 is 16.8 Å². The van der Waals surface area contributed by atoms with Gasteiger partial charge in [-0.3, -0.25) is 9.59 Å². The van der Waals surface area contributed by atoms with Crippen LogP contribution in [-0.2, 0) is 13.0 Å². The number of para-hydroxylation sites is 1. The van der Waals surface area contributed by atoms with Crippen molar-refractivity contribution in [2.24, 2.45) is 0 Å². The average molecular weight is 466 g/mol. The molecule has 0 saturated carbocycles. The number of hydrogen-bond acceptors (Lipinski definition) is 3. The molecule has 8 heteroatoms. The van der Waals surface area contributed by atoms with Gasteiger partial charge >= 0.3 is 6.36 Å². The minimum absolute atomic E-state index is 0.00351. The molecule has 0 unspecified atom stereocenters. The summed E-state index contributed by atoms with van der Waals surface area (Å²) in [4.78, 5) is 26.1. The van der Waals surface area contributed by atoms with Crippen LogP contribution in [-0.4, -0.2) is 23.4 Å². The van der Waals surface area contributed by atoms with Gasteiger partial charge in [-0.1, -0.05) is 60.7 Å². The zero-order chi connectivity index (χ0) is 24.1. The van der Waals surface area contributed by atoms with Gasteiger partial charge in [0.05, 0.1) is 12.1 Å². The molecule has 1 heterocycles. The Labute approximate surface area is 193 Å². The number of nitrogens with zero attached hydrogens (tertiary/aromatic N) is 1. The van der Waals surface area contributed by atoms with Gasteiger partial charge in [-0.05, 0) is 47.2 Å². The number of carbonyl (C=O) groups excluding carboxylic acids is 1. The lowest BCUT2D eigenvalue weighted by Gasteiger charge is -2.14. The number of amides is 1. The molecule has 1 amide bonds. The third-order valence-electron chi connectivity index (χ3n) is 5.29. The number of hydrogen-bond donors (Lipinski definition) is 1. The van der Waals surface area contributed by atoms with Gasteiger partial charge in [0.1, 0.15) is 11.3 Å². The van der Waals surface area contributed by atoms with E-state index in [0.29, 0.717) is 29.4 Å². The molecule has 0 atom stereocenters. The highest BCUT2D eigenvalue weighted by Gasteiger charge is 2.31. The summed E-state index contributed by atoms with van der Waals surface area (Å²) < 4.78 is 42.6. The molecule has 174 valence electrons. The van der Waals surface area contributed by atoms with E-state index in [-0.39, 0.29) is 17.9 Å². The van der Waals surface area contributed by atoms with E-state index in [1.807, 2.05) is 30.3 Å². The van der Waals surface area contributed by atoms with Crippen LogP contribution >= 0.6 is 0 Å². The second-order valence-corrected chi connectivity index (χ2v) is 7.69. The van der Waals surface area contributed by atoms with E-state index < -0.39 is 17.8 Å². The quantitative estimate of drug-likeness (QED) is 0.421. The number of rotatable bonds is 7. The van der Waals surface area contributed by atoms with E-state index in [1.165, 1.54) is 28.8 Å². The van der Waals surface area contributed by atoms with Crippen molar-refractivity contribution < 1.29 is 22.7 Å². The summed E-state index contributed by atoms with van der Waals surface area (Å²) >= 11 is 0. The Bertz CT molecular complexity index is 1350. The second-order valence-electron chi connectivity index (χ2n) is 7.69. The zero-order valence-corrected chi connectivity index (χ0v) is 18.0. The summed E-state index contributed by atoms with van der Waals surface area (Å²) in [5, 5.41) is 3.50. The molecule has 0 fully saturated rings. The molecule has 4 aromatic rings. The maximum Gasteiger partial charge on any atom is 0.573 e. The van der Waals surface area contributed by atoms with Gasteiger partial charge in [0, 0.05) is 6.54 Å². The summed E-state index contributed by atoms with van der Waals surface area (Å²) in [6.45, 7) is 0.451. The Kier molecular flexibility index (Phi) is 6.67. The highest BCUT2D eigenvalue weighted by Crippen LogP contribution is 2.23. The minimum Gasteiger partial charge on any atom is -0.406 e. The third kappa shape index (κ3) is 5.64. The molecular formula is C26H21F3N2O3. The maximum atomic E-state index is 13.2. The first-order valence-electron chi connectivity index (χ1n) is 10.6. The largest absolute Gasteiger partial charge is 0.573 e. The number of nitrogens with one attached hydrogen (secondary N) is 1. The molecule has 1 aromatic heterocycles. The molecule has 1 N–H and O–H groups in total. The SMILES string of the molecule is O=C(NCCc1ccccc1)c1cc2ccccc2n(Cc2ccc(OC(F)(F)F)cc2)c1=O. The van der Waals surface area contributed by atoms with Crippen molar-refractivity contribution in [2.75, 3.05) is 6.54 Å². The summed E-state index contributed by atoms with van der Waals surface area (Å²) in [5.41, 5.74) is 1.79. The molecule has 5 nitrogen and oxygen atoms in total. The van der Waals surface area contributed by atoms with Crippen LogP contribution in [0.1, 0.15) is 21.5 Å².